The summed E-state index contributed by atoms with van der Waals surface area (Å²) < 4.78 is 5.84. The fraction of sp³-hybridized carbons (Fsp3) is 0.231. The first-order chi connectivity index (χ1) is 16.5. The van der Waals surface area contributed by atoms with Gasteiger partial charge in [-0.25, -0.2) is 9.97 Å². The molecular formula is C26H26N6O2. The number of carbonyl (C=O) groups excluding carboxylic acids is 1. The van der Waals surface area contributed by atoms with Crippen molar-refractivity contribution < 1.29 is 9.53 Å². The second-order valence-electron chi connectivity index (χ2n) is 8.94. The van der Waals surface area contributed by atoms with E-state index in [1.807, 2.05) is 59.5 Å². The third-order valence-electron chi connectivity index (χ3n) is 6.49. The lowest BCUT2D eigenvalue weighted by molar-refractivity contribution is -0.144. The number of anilines is 2. The molecule has 2 fully saturated rings. The van der Waals surface area contributed by atoms with Gasteiger partial charge < -0.3 is 20.7 Å². The molecule has 5 rings (SSSR count). The maximum absolute atomic E-state index is 11.7. The minimum atomic E-state index is -0.0125. The molecule has 0 radical (unpaired) electrons. The molecule has 1 aromatic heterocycles. The van der Waals surface area contributed by atoms with Crippen LogP contribution in [0.5, 0.6) is 11.5 Å². The molecule has 1 amide bonds. The van der Waals surface area contributed by atoms with Crippen molar-refractivity contribution in [1.82, 2.24) is 14.9 Å². The molecule has 1 saturated carbocycles. The Kier molecular flexibility index (Phi) is 5.49. The minimum absolute atomic E-state index is 0.0125. The Bertz CT molecular complexity index is 1230. The van der Waals surface area contributed by atoms with E-state index in [0.717, 1.165) is 31.7 Å². The molecule has 172 valence electrons. The number of likely N-dealkylation sites (tertiary alicyclic amines) is 1. The van der Waals surface area contributed by atoms with Gasteiger partial charge in [0.1, 0.15) is 29.5 Å². The van der Waals surface area contributed by atoms with Crippen LogP contribution in [0.25, 0.3) is 0 Å². The van der Waals surface area contributed by atoms with Crippen molar-refractivity contribution in [2.45, 2.75) is 18.9 Å². The molecule has 1 aliphatic heterocycles. The highest BCUT2D eigenvalue weighted by atomic mass is 16.5. The lowest BCUT2D eigenvalue weighted by Crippen LogP contribution is -2.66. The molecular weight excluding hydrogens is 428 g/mol. The molecule has 2 aromatic carbocycles. The molecule has 1 spiro atoms. The SMILES string of the molecule is C=CC(=O)N1CC2(CC(Nc3ncnc(N)c3C(=N)c3ccc(Oc4ccccc4)cc3)C2)C1. The zero-order valence-corrected chi connectivity index (χ0v) is 18.7. The van der Waals surface area contributed by atoms with E-state index in [1.54, 1.807) is 0 Å². The van der Waals surface area contributed by atoms with Crippen LogP contribution in [0.2, 0.25) is 0 Å². The maximum atomic E-state index is 11.7. The molecule has 8 heteroatoms. The van der Waals surface area contributed by atoms with Crippen molar-refractivity contribution in [2.75, 3.05) is 24.1 Å². The molecule has 0 atom stereocenters. The number of aromatic nitrogens is 2. The third kappa shape index (κ3) is 4.10. The van der Waals surface area contributed by atoms with E-state index in [-0.39, 0.29) is 28.9 Å². The van der Waals surface area contributed by atoms with E-state index in [4.69, 9.17) is 15.9 Å². The molecule has 0 bridgehead atoms. The third-order valence-corrected chi connectivity index (χ3v) is 6.49. The smallest absolute Gasteiger partial charge is 0.245 e. The Morgan fingerprint density at radius 1 is 1.12 bits per heavy atom. The van der Waals surface area contributed by atoms with Crippen LogP contribution in [0.3, 0.4) is 0 Å². The number of carbonyl (C=O) groups is 1. The van der Waals surface area contributed by atoms with Gasteiger partial charge in [0.15, 0.2) is 0 Å². The fourth-order valence-corrected chi connectivity index (χ4v) is 4.80. The average Bonchev–Trinajstić information content (AvgIpc) is 2.80. The first kappa shape index (κ1) is 21.6. The van der Waals surface area contributed by atoms with Crippen molar-refractivity contribution in [3.8, 4) is 11.5 Å². The Balaban J connectivity index is 1.26. The summed E-state index contributed by atoms with van der Waals surface area (Å²) >= 11 is 0. The molecule has 2 aliphatic rings. The van der Waals surface area contributed by atoms with Gasteiger partial charge in [0.25, 0.3) is 0 Å². The van der Waals surface area contributed by atoms with E-state index in [0.29, 0.717) is 22.7 Å². The number of nitrogens with two attached hydrogens (primary N) is 1. The van der Waals surface area contributed by atoms with Gasteiger partial charge in [-0.3, -0.25) is 10.2 Å². The van der Waals surface area contributed by atoms with Crippen molar-refractivity contribution in [2.24, 2.45) is 5.41 Å². The number of benzene rings is 2. The zero-order valence-electron chi connectivity index (χ0n) is 18.7. The number of nitrogens with zero attached hydrogens (tertiary/aromatic N) is 3. The molecule has 3 aromatic rings. The molecule has 34 heavy (non-hydrogen) atoms. The Hall–Kier alpha value is -4.20. The second-order valence-corrected chi connectivity index (χ2v) is 8.94. The average molecular weight is 455 g/mol. The lowest BCUT2D eigenvalue weighted by atomic mass is 9.60. The topological polar surface area (TPSA) is 117 Å². The molecule has 1 aliphatic carbocycles. The van der Waals surface area contributed by atoms with E-state index >= 15 is 0 Å². The number of ether oxygens (including phenoxy) is 1. The van der Waals surface area contributed by atoms with Gasteiger partial charge in [0.05, 0.1) is 11.3 Å². The summed E-state index contributed by atoms with van der Waals surface area (Å²) in [5.74, 6) is 2.23. The van der Waals surface area contributed by atoms with Crippen molar-refractivity contribution >= 4 is 23.3 Å². The van der Waals surface area contributed by atoms with Crippen molar-refractivity contribution in [3.63, 3.8) is 0 Å². The van der Waals surface area contributed by atoms with Gasteiger partial charge in [-0.05, 0) is 55.3 Å². The minimum Gasteiger partial charge on any atom is -0.457 e. The van der Waals surface area contributed by atoms with Crippen LogP contribution in [0.1, 0.15) is 24.0 Å². The summed E-state index contributed by atoms with van der Waals surface area (Å²) in [4.78, 5) is 22.0. The predicted octanol–water partition coefficient (Wildman–Crippen LogP) is 3.86. The highest BCUT2D eigenvalue weighted by molar-refractivity contribution is 6.16. The number of hydrogen-bond donors (Lipinski definition) is 3. The van der Waals surface area contributed by atoms with Gasteiger partial charge >= 0.3 is 0 Å². The summed E-state index contributed by atoms with van der Waals surface area (Å²) in [6.45, 7) is 5.08. The van der Waals surface area contributed by atoms with Crippen LogP contribution in [0, 0.1) is 10.8 Å². The highest BCUT2D eigenvalue weighted by Gasteiger charge is 2.53. The van der Waals surface area contributed by atoms with Gasteiger partial charge in [-0.2, -0.15) is 0 Å². The molecule has 4 N–H and O–H groups in total. The Morgan fingerprint density at radius 3 is 2.47 bits per heavy atom. The van der Waals surface area contributed by atoms with E-state index in [2.05, 4.69) is 21.9 Å². The van der Waals surface area contributed by atoms with Crippen LogP contribution >= 0.6 is 0 Å². The van der Waals surface area contributed by atoms with Gasteiger partial charge in [0.2, 0.25) is 5.91 Å². The molecule has 2 heterocycles. The summed E-state index contributed by atoms with van der Waals surface area (Å²) in [5, 5.41) is 12.2. The number of nitrogen functional groups attached to an aromatic ring is 1. The van der Waals surface area contributed by atoms with E-state index in [9.17, 15) is 4.79 Å². The summed E-state index contributed by atoms with van der Waals surface area (Å²) in [6.07, 6.45) is 4.66. The number of nitrogens with one attached hydrogen (secondary N) is 2. The zero-order chi connectivity index (χ0) is 23.7. The summed E-state index contributed by atoms with van der Waals surface area (Å²) in [6, 6.07) is 17.1. The first-order valence-electron chi connectivity index (χ1n) is 11.2. The number of amides is 1. The van der Waals surface area contributed by atoms with E-state index in [1.165, 1.54) is 12.4 Å². The Morgan fingerprint density at radius 2 is 1.79 bits per heavy atom. The summed E-state index contributed by atoms with van der Waals surface area (Å²) in [7, 11) is 0. The van der Waals surface area contributed by atoms with E-state index < -0.39 is 0 Å². The van der Waals surface area contributed by atoms with Crippen LogP contribution in [-0.2, 0) is 4.79 Å². The lowest BCUT2D eigenvalue weighted by Gasteiger charge is -2.59. The largest absolute Gasteiger partial charge is 0.457 e. The first-order valence-corrected chi connectivity index (χ1v) is 11.2. The Labute approximate surface area is 198 Å². The van der Waals surface area contributed by atoms with Crippen LogP contribution < -0.4 is 15.8 Å². The van der Waals surface area contributed by atoms with Gasteiger partial charge in [0, 0.05) is 30.1 Å². The van der Waals surface area contributed by atoms with Crippen molar-refractivity contribution in [3.05, 3.63) is 84.7 Å². The van der Waals surface area contributed by atoms with Crippen LogP contribution in [-0.4, -0.2) is 45.6 Å². The standard InChI is InChI=1S/C26H26N6O2/c1-2-21(33)32-14-26(15-32)12-18(13-26)31-25-22(24(28)29-16-30-25)23(27)17-8-10-20(11-9-17)34-19-6-4-3-5-7-19/h2-11,16,18,27H,1,12-15H2,(H3,28,29,30,31). The number of para-hydroxylation sites is 1. The number of hydrogen-bond acceptors (Lipinski definition) is 7. The van der Waals surface area contributed by atoms with Crippen LogP contribution in [0.4, 0.5) is 11.6 Å². The van der Waals surface area contributed by atoms with Gasteiger partial charge in [-0.1, -0.05) is 24.8 Å². The fourth-order valence-electron chi connectivity index (χ4n) is 4.80. The predicted molar refractivity (Wildman–Crippen MR) is 131 cm³/mol. The highest BCUT2D eigenvalue weighted by Crippen LogP contribution is 2.49. The second kappa shape index (κ2) is 8.62. The number of rotatable bonds is 7. The maximum Gasteiger partial charge on any atom is 0.245 e. The normalized spacial score (nSPS) is 16.3. The quantitative estimate of drug-likeness (QED) is 0.369. The molecule has 8 nitrogen and oxygen atoms in total. The van der Waals surface area contributed by atoms with Crippen molar-refractivity contribution in [1.29, 1.82) is 5.41 Å². The van der Waals surface area contributed by atoms with Gasteiger partial charge in [-0.15, -0.1) is 0 Å². The molecule has 1 saturated heterocycles. The molecule has 0 unspecified atom stereocenters. The summed E-state index contributed by atoms with van der Waals surface area (Å²) in [5.41, 5.74) is 7.77. The van der Waals surface area contributed by atoms with Crippen LogP contribution in [0.15, 0.2) is 73.6 Å². The monoisotopic (exact) mass is 454 g/mol.